The lowest BCUT2D eigenvalue weighted by Gasteiger charge is -2.32. The molecule has 0 atom stereocenters. The zero-order valence-corrected chi connectivity index (χ0v) is 11.6. The van der Waals surface area contributed by atoms with E-state index in [-0.39, 0.29) is 0 Å². The van der Waals surface area contributed by atoms with Gasteiger partial charge in [-0.3, -0.25) is 0 Å². The number of methoxy groups -OCH3 is 1. The Labute approximate surface area is 117 Å². The topological polar surface area (TPSA) is 76.5 Å². The summed E-state index contributed by atoms with van der Waals surface area (Å²) in [7, 11) is 1.57. The number of hydrogen-bond donors (Lipinski definition) is 2. The number of aromatic nitrogens is 2. The maximum Gasteiger partial charge on any atom is 0.158 e. The summed E-state index contributed by atoms with van der Waals surface area (Å²) < 4.78 is 10.2. The molecule has 7 heteroatoms. The molecule has 0 aromatic carbocycles. The summed E-state index contributed by atoms with van der Waals surface area (Å²) in [5, 5.41) is 13.8. The lowest BCUT2D eigenvalue weighted by atomic mass is 9.94. The van der Waals surface area contributed by atoms with Crippen molar-refractivity contribution in [3.8, 4) is 0 Å². The van der Waals surface area contributed by atoms with E-state index < -0.39 is 5.60 Å². The van der Waals surface area contributed by atoms with Crippen LogP contribution < -0.4 is 5.32 Å². The minimum Gasteiger partial charge on any atom is -0.388 e. The number of rotatable bonds is 5. The first-order valence-corrected chi connectivity index (χ1v) is 6.55. The Balaban J connectivity index is 1.98. The quantitative estimate of drug-likeness (QED) is 0.793. The Bertz CT molecular complexity index is 425. The Morgan fingerprint density at radius 3 is 2.89 bits per heavy atom. The molecular formula is C12H18ClN3O3. The van der Waals surface area contributed by atoms with Crippen LogP contribution in [0.3, 0.4) is 0 Å². The first kappa shape index (κ1) is 14.5. The van der Waals surface area contributed by atoms with E-state index in [0.717, 1.165) is 0 Å². The van der Waals surface area contributed by atoms with Crippen molar-refractivity contribution in [2.45, 2.75) is 25.0 Å². The van der Waals surface area contributed by atoms with Crippen LogP contribution in [-0.4, -0.2) is 47.5 Å². The van der Waals surface area contributed by atoms with Crippen LogP contribution >= 0.6 is 11.6 Å². The summed E-state index contributed by atoms with van der Waals surface area (Å²) in [6.45, 7) is 1.87. The number of aliphatic hydroxyl groups is 1. The van der Waals surface area contributed by atoms with Crippen molar-refractivity contribution in [1.82, 2.24) is 9.97 Å². The molecule has 0 radical (unpaired) electrons. The Kier molecular flexibility index (Phi) is 4.93. The third-order valence-electron chi connectivity index (χ3n) is 3.04. The second-order valence-corrected chi connectivity index (χ2v) is 5.00. The monoisotopic (exact) mass is 287 g/mol. The van der Waals surface area contributed by atoms with Gasteiger partial charge in [0.25, 0.3) is 0 Å². The van der Waals surface area contributed by atoms with Crippen LogP contribution in [0.25, 0.3) is 0 Å². The first-order chi connectivity index (χ1) is 9.11. The van der Waals surface area contributed by atoms with Gasteiger partial charge in [0.1, 0.15) is 17.6 Å². The van der Waals surface area contributed by atoms with E-state index in [9.17, 15) is 5.11 Å². The highest BCUT2D eigenvalue weighted by molar-refractivity contribution is 6.29. The van der Waals surface area contributed by atoms with Crippen molar-refractivity contribution in [2.75, 3.05) is 32.2 Å². The van der Waals surface area contributed by atoms with E-state index in [1.165, 1.54) is 0 Å². The fraction of sp³-hybridized carbons (Fsp3) is 0.667. The summed E-state index contributed by atoms with van der Waals surface area (Å²) in [5.74, 6) is 1.10. The summed E-state index contributed by atoms with van der Waals surface area (Å²) in [6.07, 6.45) is 1.23. The van der Waals surface area contributed by atoms with Crippen molar-refractivity contribution in [1.29, 1.82) is 0 Å². The highest BCUT2D eigenvalue weighted by Crippen LogP contribution is 2.21. The molecule has 1 saturated heterocycles. The van der Waals surface area contributed by atoms with Gasteiger partial charge in [0.05, 0.1) is 5.60 Å². The van der Waals surface area contributed by atoms with Crippen LogP contribution in [0.1, 0.15) is 18.7 Å². The summed E-state index contributed by atoms with van der Waals surface area (Å²) in [4.78, 5) is 8.31. The average Bonchev–Trinajstić information content (AvgIpc) is 2.37. The van der Waals surface area contributed by atoms with Crippen LogP contribution in [-0.2, 0) is 16.1 Å². The van der Waals surface area contributed by atoms with Gasteiger partial charge in [-0.15, -0.1) is 0 Å². The Morgan fingerprint density at radius 2 is 2.21 bits per heavy atom. The number of hydrogen-bond acceptors (Lipinski definition) is 6. The summed E-state index contributed by atoms with van der Waals surface area (Å²) >= 11 is 5.91. The number of nitrogens with zero attached hydrogens (tertiary/aromatic N) is 2. The predicted octanol–water partition coefficient (Wildman–Crippen LogP) is 1.23. The molecule has 0 amide bonds. The molecule has 0 aliphatic carbocycles. The van der Waals surface area contributed by atoms with E-state index in [1.54, 1.807) is 13.2 Å². The fourth-order valence-corrected chi connectivity index (χ4v) is 2.13. The fourth-order valence-electron chi connectivity index (χ4n) is 1.93. The number of halogens is 1. The van der Waals surface area contributed by atoms with Crippen molar-refractivity contribution in [3.05, 3.63) is 17.0 Å². The summed E-state index contributed by atoms with van der Waals surface area (Å²) in [5.41, 5.74) is -0.753. The standard InChI is InChI=1S/C12H18ClN3O3/c1-18-7-11-15-9(13)6-10(16-11)14-8-12(17)2-4-19-5-3-12/h6,17H,2-5,7-8H2,1H3,(H,14,15,16). The van der Waals surface area contributed by atoms with Gasteiger partial charge in [0, 0.05) is 45.8 Å². The van der Waals surface area contributed by atoms with Gasteiger partial charge in [-0.2, -0.15) is 0 Å². The zero-order chi connectivity index (χ0) is 13.7. The molecule has 106 valence electrons. The molecule has 1 aromatic heterocycles. The van der Waals surface area contributed by atoms with E-state index >= 15 is 0 Å². The van der Waals surface area contributed by atoms with Crippen LogP contribution in [0.4, 0.5) is 5.82 Å². The maximum absolute atomic E-state index is 10.3. The van der Waals surface area contributed by atoms with Gasteiger partial charge < -0.3 is 19.9 Å². The molecule has 2 heterocycles. The van der Waals surface area contributed by atoms with Crippen LogP contribution in [0.15, 0.2) is 6.07 Å². The Morgan fingerprint density at radius 1 is 1.47 bits per heavy atom. The third-order valence-corrected chi connectivity index (χ3v) is 3.23. The van der Waals surface area contributed by atoms with Crippen LogP contribution in [0.2, 0.25) is 5.15 Å². The van der Waals surface area contributed by atoms with E-state index in [0.29, 0.717) is 56.0 Å². The second-order valence-electron chi connectivity index (χ2n) is 4.62. The number of anilines is 1. The van der Waals surface area contributed by atoms with E-state index in [2.05, 4.69) is 15.3 Å². The normalized spacial score (nSPS) is 18.3. The van der Waals surface area contributed by atoms with Gasteiger partial charge in [0.2, 0.25) is 0 Å². The lowest BCUT2D eigenvalue weighted by molar-refractivity contribution is -0.0543. The van der Waals surface area contributed by atoms with Crippen molar-refractivity contribution < 1.29 is 14.6 Å². The maximum atomic E-state index is 10.3. The zero-order valence-electron chi connectivity index (χ0n) is 10.9. The molecule has 0 saturated carbocycles. The molecule has 2 N–H and O–H groups in total. The van der Waals surface area contributed by atoms with E-state index in [4.69, 9.17) is 21.1 Å². The minimum atomic E-state index is -0.753. The number of ether oxygens (including phenoxy) is 2. The van der Waals surface area contributed by atoms with Crippen molar-refractivity contribution in [2.24, 2.45) is 0 Å². The molecule has 1 fully saturated rings. The molecule has 0 spiro atoms. The van der Waals surface area contributed by atoms with Gasteiger partial charge in [-0.25, -0.2) is 9.97 Å². The SMILES string of the molecule is COCc1nc(Cl)cc(NCC2(O)CCOCC2)n1. The third kappa shape index (κ3) is 4.28. The number of nitrogens with one attached hydrogen (secondary N) is 1. The molecule has 19 heavy (non-hydrogen) atoms. The highest BCUT2D eigenvalue weighted by Gasteiger charge is 2.29. The molecular weight excluding hydrogens is 270 g/mol. The molecule has 2 rings (SSSR count). The molecule has 0 unspecified atom stereocenters. The van der Waals surface area contributed by atoms with Gasteiger partial charge in [0.15, 0.2) is 5.82 Å². The smallest absolute Gasteiger partial charge is 0.158 e. The van der Waals surface area contributed by atoms with Gasteiger partial charge >= 0.3 is 0 Å². The van der Waals surface area contributed by atoms with Gasteiger partial charge in [-0.1, -0.05) is 11.6 Å². The van der Waals surface area contributed by atoms with Gasteiger partial charge in [-0.05, 0) is 0 Å². The predicted molar refractivity (Wildman–Crippen MR) is 71.2 cm³/mol. The molecule has 1 aliphatic rings. The molecule has 1 aliphatic heterocycles. The van der Waals surface area contributed by atoms with Crippen LogP contribution in [0.5, 0.6) is 0 Å². The van der Waals surface area contributed by atoms with Crippen molar-refractivity contribution in [3.63, 3.8) is 0 Å². The largest absolute Gasteiger partial charge is 0.388 e. The van der Waals surface area contributed by atoms with Crippen molar-refractivity contribution >= 4 is 17.4 Å². The molecule has 6 nitrogen and oxygen atoms in total. The average molecular weight is 288 g/mol. The molecule has 1 aromatic rings. The second kappa shape index (κ2) is 6.47. The van der Waals surface area contributed by atoms with E-state index in [1.807, 2.05) is 0 Å². The minimum absolute atomic E-state index is 0.299. The Hall–Kier alpha value is -0.950. The molecule has 0 bridgehead atoms. The lowest BCUT2D eigenvalue weighted by Crippen LogP contribution is -2.42. The van der Waals surface area contributed by atoms with Crippen LogP contribution in [0, 0.1) is 0 Å². The highest BCUT2D eigenvalue weighted by atomic mass is 35.5. The summed E-state index contributed by atoms with van der Waals surface area (Å²) in [6, 6.07) is 1.63. The first-order valence-electron chi connectivity index (χ1n) is 6.18.